The summed E-state index contributed by atoms with van der Waals surface area (Å²) < 4.78 is 0. The summed E-state index contributed by atoms with van der Waals surface area (Å²) in [6, 6.07) is 9.10. The van der Waals surface area contributed by atoms with Gasteiger partial charge in [-0.3, -0.25) is 4.90 Å². The van der Waals surface area contributed by atoms with Crippen LogP contribution in [0.4, 0.5) is 0 Å². The SMILES string of the molecule is CC1CN(Cc2cccc(C#CCN)c2)CCN1C. The lowest BCUT2D eigenvalue weighted by Gasteiger charge is -2.37. The van der Waals surface area contributed by atoms with Crippen LogP contribution in [0, 0.1) is 11.8 Å². The topological polar surface area (TPSA) is 32.5 Å². The van der Waals surface area contributed by atoms with Crippen LogP contribution in [-0.4, -0.2) is 49.1 Å². The average molecular weight is 257 g/mol. The Labute approximate surface area is 116 Å². The fourth-order valence-electron chi connectivity index (χ4n) is 2.43. The Morgan fingerprint density at radius 1 is 1.37 bits per heavy atom. The van der Waals surface area contributed by atoms with Crippen LogP contribution in [-0.2, 0) is 6.54 Å². The van der Waals surface area contributed by atoms with Crippen LogP contribution in [0.3, 0.4) is 0 Å². The van der Waals surface area contributed by atoms with Gasteiger partial charge in [-0.1, -0.05) is 24.0 Å². The van der Waals surface area contributed by atoms with E-state index in [0.717, 1.165) is 31.7 Å². The van der Waals surface area contributed by atoms with E-state index >= 15 is 0 Å². The molecule has 0 spiro atoms. The molecular formula is C16H23N3. The number of hydrogen-bond acceptors (Lipinski definition) is 3. The van der Waals surface area contributed by atoms with Crippen molar-refractivity contribution < 1.29 is 0 Å². The Bertz CT molecular complexity index is 472. The number of nitrogens with two attached hydrogens (primary N) is 1. The van der Waals surface area contributed by atoms with Crippen molar-refractivity contribution in [1.29, 1.82) is 0 Å². The van der Waals surface area contributed by atoms with E-state index in [1.54, 1.807) is 0 Å². The van der Waals surface area contributed by atoms with Crippen LogP contribution in [0.1, 0.15) is 18.1 Å². The van der Waals surface area contributed by atoms with Crippen molar-refractivity contribution in [3.05, 3.63) is 35.4 Å². The van der Waals surface area contributed by atoms with E-state index in [-0.39, 0.29) is 0 Å². The molecule has 1 atom stereocenters. The zero-order chi connectivity index (χ0) is 13.7. The zero-order valence-corrected chi connectivity index (χ0v) is 11.9. The number of piperazine rings is 1. The van der Waals surface area contributed by atoms with E-state index in [9.17, 15) is 0 Å². The standard InChI is InChI=1S/C16H23N3/c1-14-12-19(10-9-18(14)2)13-16-6-3-5-15(11-16)7-4-8-17/h3,5-6,11,14H,8-10,12-13,17H2,1-2H3. The molecule has 19 heavy (non-hydrogen) atoms. The van der Waals surface area contributed by atoms with Gasteiger partial charge in [0.25, 0.3) is 0 Å². The highest BCUT2D eigenvalue weighted by molar-refractivity contribution is 5.37. The molecule has 0 radical (unpaired) electrons. The van der Waals surface area contributed by atoms with Gasteiger partial charge < -0.3 is 10.6 Å². The molecule has 1 aromatic rings. The number of nitrogens with zero attached hydrogens (tertiary/aromatic N) is 2. The van der Waals surface area contributed by atoms with Crippen molar-refractivity contribution in [2.75, 3.05) is 33.2 Å². The Kier molecular flexibility index (Phi) is 4.98. The first-order valence-electron chi connectivity index (χ1n) is 6.89. The third-order valence-corrected chi connectivity index (χ3v) is 3.71. The Hall–Kier alpha value is -1.34. The van der Waals surface area contributed by atoms with Gasteiger partial charge in [0.15, 0.2) is 0 Å². The predicted octanol–water partition coefficient (Wildman–Crippen LogP) is 1.13. The summed E-state index contributed by atoms with van der Waals surface area (Å²) in [6.07, 6.45) is 0. The molecule has 102 valence electrons. The number of benzene rings is 1. The van der Waals surface area contributed by atoms with Gasteiger partial charge in [-0.15, -0.1) is 0 Å². The molecule has 2 rings (SSSR count). The normalized spacial score (nSPS) is 20.9. The third kappa shape index (κ3) is 4.07. The van der Waals surface area contributed by atoms with Gasteiger partial charge in [0, 0.05) is 37.8 Å². The molecule has 1 aliphatic rings. The van der Waals surface area contributed by atoms with E-state index < -0.39 is 0 Å². The van der Waals surface area contributed by atoms with Crippen molar-refractivity contribution in [2.45, 2.75) is 19.5 Å². The second kappa shape index (κ2) is 6.72. The van der Waals surface area contributed by atoms with E-state index in [0.29, 0.717) is 12.6 Å². The molecule has 1 unspecified atom stereocenters. The minimum absolute atomic E-state index is 0.417. The van der Waals surface area contributed by atoms with Gasteiger partial charge in [0.1, 0.15) is 0 Å². The first kappa shape index (κ1) is 14.1. The molecule has 1 aromatic carbocycles. The molecule has 0 bridgehead atoms. The average Bonchev–Trinajstić information content (AvgIpc) is 2.41. The fraction of sp³-hybridized carbons (Fsp3) is 0.500. The highest BCUT2D eigenvalue weighted by Crippen LogP contribution is 2.12. The van der Waals surface area contributed by atoms with Crippen LogP contribution in [0.2, 0.25) is 0 Å². The lowest BCUT2D eigenvalue weighted by Crippen LogP contribution is -2.49. The number of hydrogen-bond donors (Lipinski definition) is 1. The van der Waals surface area contributed by atoms with Crippen LogP contribution in [0.5, 0.6) is 0 Å². The van der Waals surface area contributed by atoms with Gasteiger partial charge in [0.05, 0.1) is 6.54 Å². The summed E-state index contributed by atoms with van der Waals surface area (Å²) in [5.74, 6) is 6.00. The molecule has 3 heteroatoms. The van der Waals surface area contributed by atoms with Gasteiger partial charge >= 0.3 is 0 Å². The van der Waals surface area contributed by atoms with Gasteiger partial charge in [-0.25, -0.2) is 0 Å². The minimum Gasteiger partial charge on any atom is -0.320 e. The van der Waals surface area contributed by atoms with Crippen molar-refractivity contribution in [3.8, 4) is 11.8 Å². The van der Waals surface area contributed by atoms with Crippen LogP contribution in [0.15, 0.2) is 24.3 Å². The molecule has 3 nitrogen and oxygen atoms in total. The molecule has 2 N–H and O–H groups in total. The molecule has 0 saturated carbocycles. The first-order valence-corrected chi connectivity index (χ1v) is 6.89. The monoisotopic (exact) mass is 257 g/mol. The van der Waals surface area contributed by atoms with Crippen LogP contribution in [0.25, 0.3) is 0 Å². The lowest BCUT2D eigenvalue weighted by molar-refractivity contribution is 0.1000. The molecular weight excluding hydrogens is 234 g/mol. The molecule has 0 amide bonds. The molecule has 1 saturated heterocycles. The smallest absolute Gasteiger partial charge is 0.0555 e. The van der Waals surface area contributed by atoms with E-state index in [2.05, 4.69) is 53.8 Å². The summed E-state index contributed by atoms with van der Waals surface area (Å²) in [6.45, 7) is 7.13. The highest BCUT2D eigenvalue weighted by atomic mass is 15.3. The quantitative estimate of drug-likeness (QED) is 0.806. The van der Waals surface area contributed by atoms with Crippen LogP contribution < -0.4 is 5.73 Å². The second-order valence-electron chi connectivity index (χ2n) is 5.27. The van der Waals surface area contributed by atoms with Crippen molar-refractivity contribution >= 4 is 0 Å². The third-order valence-electron chi connectivity index (χ3n) is 3.71. The van der Waals surface area contributed by atoms with Crippen LogP contribution >= 0.6 is 0 Å². The molecule has 1 fully saturated rings. The molecule has 1 aliphatic heterocycles. The zero-order valence-electron chi connectivity index (χ0n) is 11.9. The molecule has 0 aromatic heterocycles. The fourth-order valence-corrected chi connectivity index (χ4v) is 2.43. The first-order chi connectivity index (χ1) is 9.19. The summed E-state index contributed by atoms with van der Waals surface area (Å²) in [7, 11) is 2.20. The largest absolute Gasteiger partial charge is 0.320 e. The summed E-state index contributed by atoms with van der Waals surface area (Å²) >= 11 is 0. The summed E-state index contributed by atoms with van der Waals surface area (Å²) in [4.78, 5) is 4.93. The lowest BCUT2D eigenvalue weighted by atomic mass is 10.1. The predicted molar refractivity (Wildman–Crippen MR) is 79.7 cm³/mol. The summed E-state index contributed by atoms with van der Waals surface area (Å²) in [5, 5.41) is 0. The maximum atomic E-state index is 5.41. The van der Waals surface area contributed by atoms with Crippen molar-refractivity contribution in [2.24, 2.45) is 5.73 Å². The number of rotatable bonds is 2. The van der Waals surface area contributed by atoms with Crippen molar-refractivity contribution in [1.82, 2.24) is 9.80 Å². The van der Waals surface area contributed by atoms with Gasteiger partial charge in [-0.05, 0) is 31.7 Å². The molecule has 1 heterocycles. The van der Waals surface area contributed by atoms with Gasteiger partial charge in [-0.2, -0.15) is 0 Å². The summed E-state index contributed by atoms with van der Waals surface area (Å²) in [5.41, 5.74) is 7.80. The number of likely N-dealkylation sites (N-methyl/N-ethyl adjacent to an activating group) is 1. The Morgan fingerprint density at radius 2 is 2.21 bits per heavy atom. The van der Waals surface area contributed by atoms with E-state index in [1.807, 2.05) is 6.07 Å². The van der Waals surface area contributed by atoms with E-state index in [4.69, 9.17) is 5.73 Å². The maximum absolute atomic E-state index is 5.41. The van der Waals surface area contributed by atoms with Gasteiger partial charge in [0.2, 0.25) is 0 Å². The van der Waals surface area contributed by atoms with Crippen molar-refractivity contribution in [3.63, 3.8) is 0 Å². The second-order valence-corrected chi connectivity index (χ2v) is 5.27. The maximum Gasteiger partial charge on any atom is 0.0555 e. The Balaban J connectivity index is 1.99. The minimum atomic E-state index is 0.417. The van der Waals surface area contributed by atoms with E-state index in [1.165, 1.54) is 5.56 Å². The molecule has 0 aliphatic carbocycles. The highest BCUT2D eigenvalue weighted by Gasteiger charge is 2.20. The Morgan fingerprint density at radius 3 is 2.95 bits per heavy atom.